The van der Waals surface area contributed by atoms with Gasteiger partial charge in [-0.1, -0.05) is 24.3 Å². The van der Waals surface area contributed by atoms with Crippen molar-refractivity contribution < 1.29 is 103 Å². The van der Waals surface area contributed by atoms with Gasteiger partial charge in [0, 0.05) is 44.1 Å². The minimum Gasteiger partial charge on any atom is -0.394 e. The summed E-state index contributed by atoms with van der Waals surface area (Å²) < 4.78 is 136. The Kier molecular flexibility index (Phi) is 23.2. The van der Waals surface area contributed by atoms with Gasteiger partial charge in [0.05, 0.1) is 37.4 Å². The maximum absolute atomic E-state index is 12.8. The van der Waals surface area contributed by atoms with E-state index in [0.717, 1.165) is 41.3 Å². The van der Waals surface area contributed by atoms with Gasteiger partial charge in [0.15, 0.2) is 0 Å². The highest BCUT2D eigenvalue weighted by Gasteiger charge is 2.36. The Morgan fingerprint density at radius 1 is 0.513 bits per heavy atom. The van der Waals surface area contributed by atoms with Crippen molar-refractivity contribution >= 4 is 99.7 Å². The average molecular weight is 1190 g/mol. The minimum absolute atomic E-state index is 0.0173. The van der Waals surface area contributed by atoms with Crippen LogP contribution in [0.2, 0.25) is 0 Å². The second-order valence-electron chi connectivity index (χ2n) is 16.6. The number of aliphatic hydroxyl groups is 10. The molecule has 0 fully saturated rings. The Morgan fingerprint density at radius 3 is 1.29 bits per heavy atom. The van der Waals surface area contributed by atoms with Gasteiger partial charge in [-0.15, -0.1) is 0 Å². The zero-order valence-corrected chi connectivity index (χ0v) is 44.3. The van der Waals surface area contributed by atoms with Crippen molar-refractivity contribution in [1.29, 1.82) is 0 Å². The Morgan fingerprint density at radius 2 is 0.910 bits per heavy atom. The van der Waals surface area contributed by atoms with Crippen molar-refractivity contribution in [1.82, 2.24) is 29.9 Å². The van der Waals surface area contributed by atoms with Crippen molar-refractivity contribution in [2.24, 2.45) is 0 Å². The molecule has 0 bridgehead atoms. The summed E-state index contributed by atoms with van der Waals surface area (Å²) in [4.78, 5) is 25.8. The molecule has 4 aromatic rings. The second-order valence-corrected chi connectivity index (χ2v) is 22.6. The van der Waals surface area contributed by atoms with E-state index in [-0.39, 0.29) is 53.4 Å². The molecule has 0 saturated carbocycles. The van der Waals surface area contributed by atoms with E-state index < -0.39 is 168 Å². The van der Waals surface area contributed by atoms with Crippen LogP contribution < -0.4 is 31.1 Å². The highest BCUT2D eigenvalue weighted by atomic mass is 32.2. The zero-order valence-electron chi connectivity index (χ0n) is 41.0. The monoisotopic (exact) mass is 1190 g/mol. The molecule has 8 unspecified atom stereocenters. The fourth-order valence-electron chi connectivity index (χ4n) is 6.96. The van der Waals surface area contributed by atoms with Crippen LogP contribution in [-0.4, -0.2) is 246 Å². The molecule has 4 rings (SSSR count). The molecular weight excluding hydrogens is 1130 g/mol. The molecule has 34 nitrogen and oxygen atoms in total. The van der Waals surface area contributed by atoms with Crippen LogP contribution in [0.4, 0.5) is 47.1 Å². The zero-order chi connectivity index (χ0) is 58.5. The van der Waals surface area contributed by atoms with Crippen LogP contribution in [0.5, 0.6) is 0 Å². The van der Waals surface area contributed by atoms with E-state index >= 15 is 0 Å². The first-order valence-electron chi connectivity index (χ1n) is 22.8. The second kappa shape index (κ2) is 27.9. The Balaban J connectivity index is 1.73. The molecule has 0 amide bonds. The highest BCUT2D eigenvalue weighted by molar-refractivity contribution is 7.86. The van der Waals surface area contributed by atoms with E-state index in [1.165, 1.54) is 24.0 Å². The molecule has 38 heteroatoms. The summed E-state index contributed by atoms with van der Waals surface area (Å²) in [7, 11) is -19.3. The molecule has 0 spiro atoms. The summed E-state index contributed by atoms with van der Waals surface area (Å²) in [6.45, 7) is -1.38. The van der Waals surface area contributed by atoms with Crippen LogP contribution >= 0.6 is 0 Å². The summed E-state index contributed by atoms with van der Waals surface area (Å²) in [6.07, 6.45) is -11.3. The third-order valence-corrected chi connectivity index (χ3v) is 14.2. The van der Waals surface area contributed by atoms with Gasteiger partial charge in [-0.2, -0.15) is 63.6 Å². The molecule has 8 atom stereocenters. The van der Waals surface area contributed by atoms with Gasteiger partial charge < -0.3 is 82.1 Å². The Hall–Kier alpha value is -5.76. The normalized spacial score (nSPS) is 15.6. The molecule has 0 aliphatic heterocycles. The number of likely N-dealkylation sites (N-methyl/N-ethyl adjacent to an activating group) is 2. The number of hydrogen-bond acceptors (Lipinski definition) is 30. The van der Waals surface area contributed by atoms with E-state index in [2.05, 4.69) is 51.2 Å². The molecule has 0 aliphatic carbocycles. The van der Waals surface area contributed by atoms with Crippen LogP contribution in [0.3, 0.4) is 0 Å². The van der Waals surface area contributed by atoms with Crippen molar-refractivity contribution in [2.75, 3.05) is 95.1 Å². The van der Waals surface area contributed by atoms with Gasteiger partial charge in [-0.05, 0) is 49.2 Å². The summed E-state index contributed by atoms with van der Waals surface area (Å²) in [5.74, 6) is -3.87. The summed E-state index contributed by atoms with van der Waals surface area (Å²) >= 11 is 0. The van der Waals surface area contributed by atoms with Crippen LogP contribution in [0, 0.1) is 0 Å². The average Bonchev–Trinajstić information content (AvgIpc) is 3.36. The Bertz CT molecular complexity index is 3150. The Labute approximate surface area is 445 Å². The van der Waals surface area contributed by atoms with E-state index in [0.29, 0.717) is 0 Å². The number of hydrogen-bond donors (Lipinski definition) is 18. The topological polar surface area (TPSA) is 552 Å². The van der Waals surface area contributed by atoms with Gasteiger partial charge in [0.2, 0.25) is 35.7 Å². The SMILES string of the molecule is CCN(CC(O)C(O)C(O)C(O)CO)c1nc(NCCS(=O)(=O)O)nc(Nc2ccc(C=Cc3ccc(Nc4nc(NCCS(=O)(=O)O)nc(N(CC)C(CO)C(O)C(O)C(O)CO)n4)cc3S(=O)(=O)O)c(S(=O)(=O)O)c2)n1. The molecule has 78 heavy (non-hydrogen) atoms. The van der Waals surface area contributed by atoms with Crippen LogP contribution in [0.15, 0.2) is 46.2 Å². The largest absolute Gasteiger partial charge is 0.394 e. The molecule has 2 aromatic heterocycles. The van der Waals surface area contributed by atoms with Crippen molar-refractivity contribution in [3.63, 3.8) is 0 Å². The number of nitrogens with one attached hydrogen (secondary N) is 4. The lowest BCUT2D eigenvalue weighted by Gasteiger charge is -2.35. The van der Waals surface area contributed by atoms with E-state index in [1.54, 1.807) is 6.92 Å². The molecule has 0 saturated heterocycles. The van der Waals surface area contributed by atoms with Crippen LogP contribution in [0.25, 0.3) is 12.2 Å². The van der Waals surface area contributed by atoms with Gasteiger partial charge in [-0.25, -0.2) is 0 Å². The third kappa shape index (κ3) is 19.0. The number of aliphatic hydroxyl groups excluding tert-OH is 10. The first-order valence-corrected chi connectivity index (χ1v) is 28.9. The van der Waals surface area contributed by atoms with Gasteiger partial charge >= 0.3 is 0 Å². The summed E-state index contributed by atoms with van der Waals surface area (Å²) in [5, 5.41) is 111. The van der Waals surface area contributed by atoms with Crippen LogP contribution in [-0.2, 0) is 40.5 Å². The lowest BCUT2D eigenvalue weighted by molar-refractivity contribution is -0.112. The number of nitrogens with zero attached hydrogens (tertiary/aromatic N) is 8. The molecule has 2 aromatic carbocycles. The smallest absolute Gasteiger partial charge is 0.295 e. The van der Waals surface area contributed by atoms with Gasteiger partial charge in [-0.3, -0.25) is 18.2 Å². The standard InChI is InChI=1S/C40H60N12O22S4/c1-3-51(17-26(56)32(60)34(62)28(58)20-55)39-47-35(41-11-13-75(63,64)65)45-37(49-39)43-23-9-7-21(29(15-23)77(69,70)71)5-6-22-8-10-24(16-30(22)78(72,73)74)44-38-46-36(42-12-14-76(66,67)68)48-40(50-38)52(4-2)25(18-53)31(59)33(61)27(57)19-54/h5-10,15-16,25-28,31-34,53-62H,3-4,11-14,17-20H2,1-2H3,(H,63,64,65)(H,66,67,68)(H,69,70,71)(H,72,73,74)(H2,41,43,45,47,49)(H2,42,44,46,48,50). The maximum atomic E-state index is 12.8. The van der Waals surface area contributed by atoms with Gasteiger partial charge in [0.25, 0.3) is 40.5 Å². The van der Waals surface area contributed by atoms with E-state index in [4.69, 9.17) is 5.11 Å². The van der Waals surface area contributed by atoms with E-state index in [9.17, 15) is 97.8 Å². The third-order valence-electron chi connectivity index (χ3n) is 11.0. The minimum atomic E-state index is -5.15. The molecular formula is C40H60N12O22S4. The number of rotatable bonds is 32. The number of benzene rings is 2. The number of aromatic nitrogens is 6. The summed E-state index contributed by atoms with van der Waals surface area (Å²) in [6, 6.07) is 5.03. The quantitative estimate of drug-likeness (QED) is 0.0161. The van der Waals surface area contributed by atoms with Crippen molar-refractivity contribution in [3.8, 4) is 0 Å². The first kappa shape index (κ1) is 64.8. The molecule has 0 aliphatic rings. The molecule has 18 N–H and O–H groups in total. The van der Waals surface area contributed by atoms with Crippen molar-refractivity contribution in [3.05, 3.63) is 47.5 Å². The molecule has 0 radical (unpaired) electrons. The predicted octanol–water partition coefficient (Wildman–Crippen LogP) is -4.67. The predicted molar refractivity (Wildman–Crippen MR) is 275 cm³/mol. The van der Waals surface area contributed by atoms with E-state index in [1.807, 2.05) is 0 Å². The van der Waals surface area contributed by atoms with Crippen molar-refractivity contribution in [2.45, 2.75) is 72.4 Å². The molecule has 2 heterocycles. The number of anilines is 8. The lowest BCUT2D eigenvalue weighted by atomic mass is 10.0. The van der Waals surface area contributed by atoms with Gasteiger partial charge in [0.1, 0.15) is 52.5 Å². The van der Waals surface area contributed by atoms with Crippen LogP contribution in [0.1, 0.15) is 25.0 Å². The maximum Gasteiger partial charge on any atom is 0.295 e. The highest BCUT2D eigenvalue weighted by Crippen LogP contribution is 2.29. The lowest BCUT2D eigenvalue weighted by Crippen LogP contribution is -2.55. The first-order chi connectivity index (χ1) is 36.3. The molecule has 436 valence electrons. The summed E-state index contributed by atoms with van der Waals surface area (Å²) in [5.41, 5.74) is -0.856. The fraction of sp³-hybridized carbons (Fsp3) is 0.500. The fourth-order valence-corrected chi connectivity index (χ4v) is 9.10.